The molecular weight excluding hydrogens is 814 g/mol. The van der Waals surface area contributed by atoms with Crippen LogP contribution in [0.25, 0.3) is 32.7 Å². The second-order valence-electron chi connectivity index (χ2n) is 13.7. The highest BCUT2D eigenvalue weighted by atomic mass is 127. The van der Waals surface area contributed by atoms with Gasteiger partial charge in [0.25, 0.3) is 0 Å². The molecule has 4 heteroatoms. The third-order valence-corrected chi connectivity index (χ3v) is 11.2. The summed E-state index contributed by atoms with van der Waals surface area (Å²) in [7, 11) is 0. The summed E-state index contributed by atoms with van der Waals surface area (Å²) in [5.41, 5.74) is 5.24. The van der Waals surface area contributed by atoms with Crippen molar-refractivity contribution in [2.75, 3.05) is 13.2 Å². The molecule has 0 amide bonds. The van der Waals surface area contributed by atoms with Crippen LogP contribution in [-0.2, 0) is 12.8 Å². The Morgan fingerprint density at radius 3 is 1.21 bits per heavy atom. The molecule has 4 aromatic carbocycles. The lowest BCUT2D eigenvalue weighted by Gasteiger charge is -2.22. The predicted molar refractivity (Wildman–Crippen MR) is 227 cm³/mol. The summed E-state index contributed by atoms with van der Waals surface area (Å²) in [5, 5.41) is 5.11. The minimum Gasteiger partial charge on any atom is -0.492 e. The zero-order valence-corrected chi connectivity index (χ0v) is 34.6. The lowest BCUT2D eigenvalue weighted by atomic mass is 9.90. The van der Waals surface area contributed by atoms with Crippen molar-refractivity contribution in [3.05, 3.63) is 66.8 Å². The number of rotatable bonds is 23. The summed E-state index contributed by atoms with van der Waals surface area (Å²) in [6, 6.07) is 19.0. The van der Waals surface area contributed by atoms with E-state index in [2.05, 4.69) is 121 Å². The molecule has 0 fully saturated rings. The van der Waals surface area contributed by atoms with E-state index in [4.69, 9.17) is 9.47 Å². The maximum Gasteiger partial charge on any atom is 0.141 e. The molecule has 0 N–H and O–H groups in total. The molecule has 0 atom stereocenters. The van der Waals surface area contributed by atoms with Gasteiger partial charge in [0, 0.05) is 11.1 Å². The van der Waals surface area contributed by atoms with Crippen LogP contribution in [0, 0.1) is 7.14 Å². The Morgan fingerprint density at radius 1 is 0.438 bits per heavy atom. The van der Waals surface area contributed by atoms with Gasteiger partial charge in [0.2, 0.25) is 0 Å². The first-order valence-corrected chi connectivity index (χ1v) is 21.4. The fourth-order valence-corrected chi connectivity index (χ4v) is 8.29. The Balaban J connectivity index is 1.84. The lowest BCUT2D eigenvalue weighted by Crippen LogP contribution is -2.05. The van der Waals surface area contributed by atoms with Crippen LogP contribution in [-0.4, -0.2) is 13.2 Å². The molecule has 4 aromatic rings. The van der Waals surface area contributed by atoms with Crippen LogP contribution in [0.15, 0.2) is 48.5 Å². The number of halogens is 2. The zero-order chi connectivity index (χ0) is 34.1. The largest absolute Gasteiger partial charge is 0.492 e. The number of aryl methyl sites for hydroxylation is 2. The number of ether oxygens (including phenoxy) is 2. The van der Waals surface area contributed by atoms with E-state index in [1.54, 1.807) is 0 Å². The average Bonchev–Trinajstić information content (AvgIpc) is 3.09. The molecular formula is C44H60I2O2. The van der Waals surface area contributed by atoms with Crippen molar-refractivity contribution < 1.29 is 9.47 Å². The summed E-state index contributed by atoms with van der Waals surface area (Å²) in [4.78, 5) is 0. The van der Waals surface area contributed by atoms with Gasteiger partial charge in [-0.1, -0.05) is 141 Å². The SMILES string of the molecule is CCCCCCCCOc1c(I)cc2cc(CCCC)ccc2c1-c1c(OCCCCCCCC)c(I)cc2cc(CCCC)ccc12. The van der Waals surface area contributed by atoms with Gasteiger partial charge in [-0.3, -0.25) is 0 Å². The number of benzene rings is 4. The third kappa shape index (κ3) is 11.2. The summed E-state index contributed by atoms with van der Waals surface area (Å²) in [6.07, 6.45) is 22.1. The molecule has 0 unspecified atom stereocenters. The van der Waals surface area contributed by atoms with Gasteiger partial charge in [-0.2, -0.15) is 0 Å². The minimum atomic E-state index is 0.742. The summed E-state index contributed by atoms with van der Waals surface area (Å²) in [5.74, 6) is 2.03. The molecule has 0 aliphatic rings. The van der Waals surface area contributed by atoms with Crippen LogP contribution in [0.3, 0.4) is 0 Å². The van der Waals surface area contributed by atoms with E-state index in [1.165, 1.54) is 141 Å². The monoisotopic (exact) mass is 874 g/mol. The molecule has 0 aliphatic heterocycles. The van der Waals surface area contributed by atoms with Crippen LogP contribution in [0.5, 0.6) is 11.5 Å². The average molecular weight is 875 g/mol. The predicted octanol–water partition coefficient (Wildman–Crippen LogP) is 15.0. The number of fused-ring (bicyclic) bond motifs is 2. The maximum absolute atomic E-state index is 6.87. The Morgan fingerprint density at radius 2 is 0.812 bits per heavy atom. The van der Waals surface area contributed by atoms with Gasteiger partial charge < -0.3 is 9.47 Å². The molecule has 0 aromatic heterocycles. The smallest absolute Gasteiger partial charge is 0.141 e. The van der Waals surface area contributed by atoms with Gasteiger partial charge in [-0.25, -0.2) is 0 Å². The fraction of sp³-hybridized carbons (Fsp3) is 0.545. The van der Waals surface area contributed by atoms with Gasteiger partial charge in [0.05, 0.1) is 20.4 Å². The minimum absolute atomic E-state index is 0.742. The third-order valence-electron chi connectivity index (χ3n) is 9.60. The van der Waals surface area contributed by atoms with E-state index in [-0.39, 0.29) is 0 Å². The summed E-state index contributed by atoms with van der Waals surface area (Å²) < 4.78 is 16.1. The van der Waals surface area contributed by atoms with E-state index in [9.17, 15) is 0 Å². The molecule has 0 saturated carbocycles. The van der Waals surface area contributed by atoms with E-state index in [0.717, 1.165) is 50.4 Å². The quantitative estimate of drug-likeness (QED) is 0.0546. The summed E-state index contributed by atoms with van der Waals surface area (Å²) >= 11 is 5.06. The van der Waals surface area contributed by atoms with E-state index >= 15 is 0 Å². The van der Waals surface area contributed by atoms with E-state index in [0.29, 0.717) is 0 Å². The van der Waals surface area contributed by atoms with Crippen molar-refractivity contribution in [2.45, 2.75) is 143 Å². The molecule has 2 nitrogen and oxygen atoms in total. The lowest BCUT2D eigenvalue weighted by molar-refractivity contribution is 0.300. The molecule has 0 saturated heterocycles. The van der Waals surface area contributed by atoms with Crippen molar-refractivity contribution in [1.82, 2.24) is 0 Å². The topological polar surface area (TPSA) is 18.5 Å². The normalized spacial score (nSPS) is 11.5. The van der Waals surface area contributed by atoms with Gasteiger partial charge in [0.15, 0.2) is 0 Å². The molecule has 0 bridgehead atoms. The van der Waals surface area contributed by atoms with Crippen LogP contribution in [0.1, 0.15) is 142 Å². The van der Waals surface area contributed by atoms with Crippen molar-refractivity contribution >= 4 is 66.7 Å². The Labute approximate surface area is 319 Å². The zero-order valence-electron chi connectivity index (χ0n) is 30.3. The van der Waals surface area contributed by atoms with Gasteiger partial charge in [0.1, 0.15) is 11.5 Å². The Kier molecular flexibility index (Phi) is 17.7. The highest BCUT2D eigenvalue weighted by molar-refractivity contribution is 14.1. The number of hydrogen-bond acceptors (Lipinski definition) is 2. The molecule has 0 radical (unpaired) electrons. The van der Waals surface area contributed by atoms with Crippen LogP contribution < -0.4 is 9.47 Å². The Hall–Kier alpha value is -1.54. The van der Waals surface area contributed by atoms with Crippen molar-refractivity contribution in [1.29, 1.82) is 0 Å². The summed E-state index contributed by atoms with van der Waals surface area (Å²) in [6.45, 7) is 10.6. The van der Waals surface area contributed by atoms with Gasteiger partial charge >= 0.3 is 0 Å². The molecule has 48 heavy (non-hydrogen) atoms. The van der Waals surface area contributed by atoms with Crippen molar-refractivity contribution in [2.24, 2.45) is 0 Å². The molecule has 0 aliphatic carbocycles. The van der Waals surface area contributed by atoms with Crippen LogP contribution in [0.4, 0.5) is 0 Å². The Bertz CT molecular complexity index is 1440. The number of unbranched alkanes of at least 4 members (excludes halogenated alkanes) is 12. The standard InChI is InChI=1S/C44H60I2O2/c1-5-9-13-15-17-19-27-47-43-39(45)31-35-29-33(21-11-7-3)23-25-37(35)41(43)42-38-26-24-34(22-12-8-4)30-36(38)32-40(46)44(42)48-28-20-18-16-14-10-6-2/h23-26,29-32H,5-22,27-28H2,1-4H3. The first-order chi connectivity index (χ1) is 23.5. The number of hydrogen-bond donors (Lipinski definition) is 0. The maximum atomic E-state index is 6.87. The van der Waals surface area contributed by atoms with Gasteiger partial charge in [-0.05, 0) is 129 Å². The van der Waals surface area contributed by atoms with Crippen LogP contribution >= 0.6 is 45.2 Å². The highest BCUT2D eigenvalue weighted by Gasteiger charge is 2.24. The first kappa shape index (κ1) is 39.2. The van der Waals surface area contributed by atoms with Crippen LogP contribution in [0.2, 0.25) is 0 Å². The highest BCUT2D eigenvalue weighted by Crippen LogP contribution is 2.49. The van der Waals surface area contributed by atoms with Crippen molar-refractivity contribution in [3.8, 4) is 22.6 Å². The molecule has 262 valence electrons. The second-order valence-corrected chi connectivity index (χ2v) is 16.0. The second kappa shape index (κ2) is 21.6. The fourth-order valence-electron chi connectivity index (χ4n) is 6.77. The van der Waals surface area contributed by atoms with E-state index in [1.807, 2.05) is 0 Å². The van der Waals surface area contributed by atoms with Gasteiger partial charge in [-0.15, -0.1) is 0 Å². The first-order valence-electron chi connectivity index (χ1n) is 19.3. The molecule has 0 heterocycles. The van der Waals surface area contributed by atoms with E-state index < -0.39 is 0 Å². The molecule has 4 rings (SSSR count). The van der Waals surface area contributed by atoms with Crippen molar-refractivity contribution in [3.63, 3.8) is 0 Å². The molecule has 0 spiro atoms.